The number of allylic oxidation sites excluding steroid dienone is 2. The fraction of sp³-hybridized carbons (Fsp3) is 0.222. The third kappa shape index (κ3) is 2.30. The molecule has 0 unspecified atom stereocenters. The number of nitrogens with zero attached hydrogens (tertiary/aromatic N) is 1. The quantitative estimate of drug-likeness (QED) is 0.476. The standard InChI is InChI=1S/C18H15ClN2O2/c19-12-5-1-4-11(10-12)17-14-7-2-6-13(14)15-8-3-9-16(21(22)23)18(15)20-17/h1-6,8-10,13-14,17,20H,7H2/t13-,14-,17-/m0/s1. The van der Waals surface area contributed by atoms with Crippen LogP contribution in [-0.2, 0) is 0 Å². The minimum Gasteiger partial charge on any atom is -0.372 e. The number of anilines is 1. The molecule has 0 aromatic heterocycles. The molecule has 2 aromatic carbocycles. The van der Waals surface area contributed by atoms with E-state index in [-0.39, 0.29) is 22.6 Å². The number of nitro groups is 1. The van der Waals surface area contributed by atoms with Gasteiger partial charge in [0.05, 0.1) is 11.0 Å². The van der Waals surface area contributed by atoms with Crippen molar-refractivity contribution in [2.45, 2.75) is 18.4 Å². The number of hydrogen-bond acceptors (Lipinski definition) is 3. The van der Waals surface area contributed by atoms with Crippen LogP contribution in [-0.4, -0.2) is 4.92 Å². The van der Waals surface area contributed by atoms with Crippen LogP contribution in [0.2, 0.25) is 5.02 Å². The van der Waals surface area contributed by atoms with Crippen molar-refractivity contribution in [3.05, 3.63) is 80.9 Å². The second-order valence-electron chi connectivity index (χ2n) is 6.03. The van der Waals surface area contributed by atoms with Gasteiger partial charge in [0.15, 0.2) is 0 Å². The Morgan fingerprint density at radius 3 is 2.83 bits per heavy atom. The van der Waals surface area contributed by atoms with E-state index in [2.05, 4.69) is 17.5 Å². The zero-order valence-corrected chi connectivity index (χ0v) is 13.0. The lowest BCUT2D eigenvalue weighted by molar-refractivity contribution is -0.384. The van der Waals surface area contributed by atoms with Gasteiger partial charge in [-0.05, 0) is 35.6 Å². The third-order valence-electron chi connectivity index (χ3n) is 4.78. The average Bonchev–Trinajstić information content (AvgIpc) is 3.03. The van der Waals surface area contributed by atoms with Gasteiger partial charge in [-0.1, -0.05) is 48.0 Å². The normalized spacial score (nSPS) is 24.7. The van der Waals surface area contributed by atoms with Crippen molar-refractivity contribution in [2.24, 2.45) is 5.92 Å². The van der Waals surface area contributed by atoms with E-state index < -0.39 is 0 Å². The van der Waals surface area contributed by atoms with Gasteiger partial charge < -0.3 is 5.32 Å². The molecule has 0 amide bonds. The molecule has 5 heteroatoms. The van der Waals surface area contributed by atoms with Crippen LogP contribution in [0, 0.1) is 16.0 Å². The molecule has 1 N–H and O–H groups in total. The molecule has 1 aliphatic carbocycles. The minimum atomic E-state index is -0.320. The Bertz CT molecular complexity index is 818. The smallest absolute Gasteiger partial charge is 0.292 e. The number of halogens is 1. The van der Waals surface area contributed by atoms with Gasteiger partial charge in [0, 0.05) is 17.0 Å². The molecule has 0 saturated carbocycles. The summed E-state index contributed by atoms with van der Waals surface area (Å²) in [6.45, 7) is 0. The lowest BCUT2D eigenvalue weighted by Crippen LogP contribution is -2.29. The molecule has 2 aliphatic rings. The molecule has 4 rings (SSSR count). The molecule has 1 heterocycles. The Hall–Kier alpha value is -2.33. The van der Waals surface area contributed by atoms with Crippen molar-refractivity contribution in [3.63, 3.8) is 0 Å². The maximum atomic E-state index is 11.4. The van der Waals surface area contributed by atoms with E-state index in [1.807, 2.05) is 30.3 Å². The number of rotatable bonds is 2. The van der Waals surface area contributed by atoms with Crippen LogP contribution in [0.4, 0.5) is 11.4 Å². The molecule has 116 valence electrons. The maximum Gasteiger partial charge on any atom is 0.292 e. The third-order valence-corrected chi connectivity index (χ3v) is 5.01. The summed E-state index contributed by atoms with van der Waals surface area (Å²) in [4.78, 5) is 11.1. The van der Waals surface area contributed by atoms with Crippen LogP contribution in [0.15, 0.2) is 54.6 Å². The molecule has 3 atom stereocenters. The largest absolute Gasteiger partial charge is 0.372 e. The van der Waals surface area contributed by atoms with Gasteiger partial charge in [-0.15, -0.1) is 0 Å². The number of benzene rings is 2. The Labute approximate surface area is 138 Å². The predicted molar refractivity (Wildman–Crippen MR) is 90.9 cm³/mol. The Kier molecular flexibility index (Phi) is 3.34. The van der Waals surface area contributed by atoms with Crippen LogP contribution in [0.5, 0.6) is 0 Å². The first kappa shape index (κ1) is 14.3. The molecule has 2 aromatic rings. The molecule has 0 saturated heterocycles. The Morgan fingerprint density at radius 2 is 2.04 bits per heavy atom. The molecular formula is C18H15ClN2O2. The molecular weight excluding hydrogens is 312 g/mol. The SMILES string of the molecule is O=[N+]([O-])c1cccc2c1N[C@@H](c1cccc(Cl)c1)[C@H]1CC=C[C@H]21. The summed E-state index contributed by atoms with van der Waals surface area (Å²) in [5.41, 5.74) is 2.85. The van der Waals surface area contributed by atoms with E-state index in [0.717, 1.165) is 17.5 Å². The van der Waals surface area contributed by atoms with Crippen molar-refractivity contribution >= 4 is 23.0 Å². The van der Waals surface area contributed by atoms with E-state index in [1.165, 1.54) is 0 Å². The highest BCUT2D eigenvalue weighted by Gasteiger charge is 2.40. The van der Waals surface area contributed by atoms with Crippen LogP contribution >= 0.6 is 11.6 Å². The highest BCUT2D eigenvalue weighted by molar-refractivity contribution is 6.30. The minimum absolute atomic E-state index is 0.0160. The van der Waals surface area contributed by atoms with Gasteiger partial charge in [0.2, 0.25) is 0 Å². The first-order chi connectivity index (χ1) is 11.1. The number of fused-ring (bicyclic) bond motifs is 3. The second kappa shape index (κ2) is 5.39. The lowest BCUT2D eigenvalue weighted by Gasteiger charge is -2.37. The molecule has 0 fully saturated rings. The molecule has 0 bridgehead atoms. The summed E-state index contributed by atoms with van der Waals surface area (Å²) in [7, 11) is 0. The fourth-order valence-electron chi connectivity index (χ4n) is 3.79. The summed E-state index contributed by atoms with van der Waals surface area (Å²) in [5, 5.41) is 15.5. The van der Waals surface area contributed by atoms with Crippen molar-refractivity contribution in [3.8, 4) is 0 Å². The van der Waals surface area contributed by atoms with E-state index in [1.54, 1.807) is 12.1 Å². The maximum absolute atomic E-state index is 11.4. The first-order valence-corrected chi connectivity index (χ1v) is 7.99. The monoisotopic (exact) mass is 326 g/mol. The van der Waals surface area contributed by atoms with E-state index >= 15 is 0 Å². The predicted octanol–water partition coefficient (Wildman–Crippen LogP) is 5.07. The average molecular weight is 327 g/mol. The van der Waals surface area contributed by atoms with Gasteiger partial charge in [-0.2, -0.15) is 0 Å². The van der Waals surface area contributed by atoms with Crippen LogP contribution in [0.1, 0.15) is 29.5 Å². The summed E-state index contributed by atoms with van der Waals surface area (Å²) < 4.78 is 0. The first-order valence-electron chi connectivity index (χ1n) is 7.61. The van der Waals surface area contributed by atoms with Gasteiger partial charge in [0.25, 0.3) is 5.69 Å². The zero-order chi connectivity index (χ0) is 16.0. The summed E-state index contributed by atoms with van der Waals surface area (Å²) in [6.07, 6.45) is 5.30. The number of para-hydroxylation sites is 1. The van der Waals surface area contributed by atoms with Crippen molar-refractivity contribution in [2.75, 3.05) is 5.32 Å². The molecule has 4 nitrogen and oxygen atoms in total. The van der Waals surface area contributed by atoms with Crippen molar-refractivity contribution < 1.29 is 4.92 Å². The Balaban J connectivity index is 1.85. The Morgan fingerprint density at radius 1 is 1.22 bits per heavy atom. The molecule has 23 heavy (non-hydrogen) atoms. The molecule has 1 aliphatic heterocycles. The summed E-state index contributed by atoms with van der Waals surface area (Å²) in [5.74, 6) is 0.554. The molecule has 0 spiro atoms. The van der Waals surface area contributed by atoms with Gasteiger partial charge in [-0.3, -0.25) is 10.1 Å². The van der Waals surface area contributed by atoms with Gasteiger partial charge in [-0.25, -0.2) is 0 Å². The van der Waals surface area contributed by atoms with Crippen molar-refractivity contribution in [1.82, 2.24) is 0 Å². The van der Waals surface area contributed by atoms with Gasteiger partial charge in [0.1, 0.15) is 5.69 Å². The van der Waals surface area contributed by atoms with E-state index in [4.69, 9.17) is 11.6 Å². The highest BCUT2D eigenvalue weighted by Crippen LogP contribution is 2.52. The fourth-order valence-corrected chi connectivity index (χ4v) is 3.99. The van der Waals surface area contributed by atoms with Crippen molar-refractivity contribution in [1.29, 1.82) is 0 Å². The van der Waals surface area contributed by atoms with E-state index in [0.29, 0.717) is 16.6 Å². The second-order valence-corrected chi connectivity index (χ2v) is 6.47. The van der Waals surface area contributed by atoms with E-state index in [9.17, 15) is 10.1 Å². The topological polar surface area (TPSA) is 55.2 Å². The summed E-state index contributed by atoms with van der Waals surface area (Å²) in [6, 6.07) is 13.0. The number of nitro benzene ring substituents is 1. The molecule has 0 radical (unpaired) electrons. The van der Waals surface area contributed by atoms with Crippen LogP contribution < -0.4 is 5.32 Å². The number of hydrogen-bond donors (Lipinski definition) is 1. The summed E-state index contributed by atoms with van der Waals surface area (Å²) >= 11 is 6.14. The van der Waals surface area contributed by atoms with Gasteiger partial charge >= 0.3 is 0 Å². The number of nitrogens with one attached hydrogen (secondary N) is 1. The van der Waals surface area contributed by atoms with Crippen LogP contribution in [0.25, 0.3) is 0 Å². The highest BCUT2D eigenvalue weighted by atomic mass is 35.5. The lowest BCUT2D eigenvalue weighted by atomic mass is 9.77. The zero-order valence-electron chi connectivity index (χ0n) is 12.3. The van der Waals surface area contributed by atoms with Crippen LogP contribution in [0.3, 0.4) is 0 Å².